The molecular formula is C19H20N4O4. The number of benzene rings is 2. The van der Waals surface area contributed by atoms with Crippen molar-refractivity contribution in [2.45, 2.75) is 0 Å². The summed E-state index contributed by atoms with van der Waals surface area (Å²) in [6, 6.07) is 12.7. The number of nitrogens with zero attached hydrogens (tertiary/aromatic N) is 2. The van der Waals surface area contributed by atoms with Crippen molar-refractivity contribution in [2.75, 3.05) is 32.5 Å². The minimum atomic E-state index is -0.405. The summed E-state index contributed by atoms with van der Waals surface area (Å²) in [5.74, 6) is 0.925. The third-order valence-electron chi connectivity index (χ3n) is 3.95. The number of hydrogen-bond donors (Lipinski definition) is 2. The highest BCUT2D eigenvalue weighted by molar-refractivity contribution is 6.01. The molecule has 3 N–H and O–H groups in total. The number of carbonyl (C=O) groups is 1. The molecule has 0 fully saturated rings. The molecule has 0 saturated carbocycles. The Balaban J connectivity index is 1.89. The van der Waals surface area contributed by atoms with Crippen LogP contribution in [-0.2, 0) is 0 Å². The molecule has 0 aliphatic carbocycles. The lowest BCUT2D eigenvalue weighted by Gasteiger charge is -2.14. The molecule has 3 aromatic rings. The molecule has 0 atom stereocenters. The number of nitrogens with two attached hydrogens (primary N) is 1. The lowest BCUT2D eigenvalue weighted by Crippen LogP contribution is -2.23. The molecule has 0 spiro atoms. The average Bonchev–Trinajstić information content (AvgIpc) is 3.07. The maximum Gasteiger partial charge on any atom is 0.270 e. The first kappa shape index (κ1) is 18.1. The number of amides is 1. The number of rotatable bonds is 6. The fourth-order valence-electron chi connectivity index (χ4n) is 2.62. The first-order valence-electron chi connectivity index (χ1n) is 8.09. The van der Waals surface area contributed by atoms with Gasteiger partial charge in [-0.2, -0.15) is 0 Å². The number of nitrogens with one attached hydrogen (secondary N) is 1. The zero-order chi connectivity index (χ0) is 19.4. The van der Waals surface area contributed by atoms with Gasteiger partial charge in [0.1, 0.15) is 0 Å². The molecule has 3 rings (SSSR count). The normalized spacial score (nSPS) is 10.3. The van der Waals surface area contributed by atoms with Gasteiger partial charge in [-0.15, -0.1) is 0 Å². The second-order valence-corrected chi connectivity index (χ2v) is 5.58. The van der Waals surface area contributed by atoms with Crippen LogP contribution in [0.5, 0.6) is 17.2 Å². The zero-order valence-electron chi connectivity index (χ0n) is 15.2. The SMILES string of the molecule is COc1cc(C(=O)Nn2cc(-c3ccccc3)nc2N)cc(OC)c1OC. The summed E-state index contributed by atoms with van der Waals surface area (Å²) < 4.78 is 17.2. The van der Waals surface area contributed by atoms with E-state index in [1.807, 2.05) is 30.3 Å². The minimum absolute atomic E-state index is 0.162. The lowest BCUT2D eigenvalue weighted by atomic mass is 10.1. The molecule has 1 aromatic heterocycles. The van der Waals surface area contributed by atoms with E-state index in [9.17, 15) is 4.79 Å². The van der Waals surface area contributed by atoms with E-state index in [4.69, 9.17) is 19.9 Å². The van der Waals surface area contributed by atoms with Crippen LogP contribution in [0.25, 0.3) is 11.3 Å². The summed E-state index contributed by atoms with van der Waals surface area (Å²) in [6.07, 6.45) is 1.65. The number of ether oxygens (including phenoxy) is 3. The van der Waals surface area contributed by atoms with Crippen LogP contribution < -0.4 is 25.4 Å². The van der Waals surface area contributed by atoms with Gasteiger partial charge in [-0.05, 0) is 12.1 Å². The maximum atomic E-state index is 12.7. The van der Waals surface area contributed by atoms with Crippen molar-refractivity contribution in [1.82, 2.24) is 9.66 Å². The molecule has 27 heavy (non-hydrogen) atoms. The highest BCUT2D eigenvalue weighted by Crippen LogP contribution is 2.38. The first-order valence-corrected chi connectivity index (χ1v) is 8.09. The van der Waals surface area contributed by atoms with E-state index in [-0.39, 0.29) is 5.95 Å². The van der Waals surface area contributed by atoms with Gasteiger partial charge in [0.25, 0.3) is 5.91 Å². The van der Waals surface area contributed by atoms with E-state index in [2.05, 4.69) is 10.4 Å². The smallest absolute Gasteiger partial charge is 0.270 e. The van der Waals surface area contributed by atoms with Gasteiger partial charge in [0.05, 0.1) is 33.2 Å². The van der Waals surface area contributed by atoms with Crippen molar-refractivity contribution in [1.29, 1.82) is 0 Å². The van der Waals surface area contributed by atoms with Gasteiger partial charge in [0.2, 0.25) is 11.7 Å². The number of anilines is 1. The monoisotopic (exact) mass is 368 g/mol. The Hall–Kier alpha value is -3.68. The Labute approximate surface area is 156 Å². The fourth-order valence-corrected chi connectivity index (χ4v) is 2.62. The second kappa shape index (κ2) is 7.69. The van der Waals surface area contributed by atoms with Gasteiger partial charge >= 0.3 is 0 Å². The molecule has 8 nitrogen and oxygen atoms in total. The molecule has 0 bridgehead atoms. The van der Waals surface area contributed by atoms with Crippen LogP contribution in [0, 0.1) is 0 Å². The van der Waals surface area contributed by atoms with E-state index in [1.54, 1.807) is 18.3 Å². The third kappa shape index (κ3) is 3.64. The number of carbonyl (C=O) groups excluding carboxylic acids is 1. The molecule has 1 amide bonds. The average molecular weight is 368 g/mol. The number of methoxy groups -OCH3 is 3. The van der Waals surface area contributed by atoms with Crippen LogP contribution in [0.1, 0.15) is 10.4 Å². The van der Waals surface area contributed by atoms with Gasteiger partial charge in [0, 0.05) is 11.1 Å². The summed E-state index contributed by atoms with van der Waals surface area (Å²) in [7, 11) is 4.47. The first-order chi connectivity index (χ1) is 13.1. The summed E-state index contributed by atoms with van der Waals surface area (Å²) in [6.45, 7) is 0. The molecule has 0 aliphatic rings. The van der Waals surface area contributed by atoms with Crippen molar-refractivity contribution >= 4 is 11.9 Å². The quantitative estimate of drug-likeness (QED) is 0.693. The molecule has 0 radical (unpaired) electrons. The number of hydrogen-bond acceptors (Lipinski definition) is 6. The van der Waals surface area contributed by atoms with E-state index >= 15 is 0 Å². The molecule has 0 aliphatic heterocycles. The van der Waals surface area contributed by atoms with E-state index in [0.717, 1.165) is 5.56 Å². The van der Waals surface area contributed by atoms with Crippen LogP contribution in [0.2, 0.25) is 0 Å². The largest absolute Gasteiger partial charge is 0.493 e. The fraction of sp³-hybridized carbons (Fsp3) is 0.158. The van der Waals surface area contributed by atoms with Crippen LogP contribution in [0.4, 0.5) is 5.95 Å². The van der Waals surface area contributed by atoms with Crippen molar-refractivity contribution < 1.29 is 19.0 Å². The van der Waals surface area contributed by atoms with Crippen LogP contribution in [0.3, 0.4) is 0 Å². The molecule has 140 valence electrons. The molecule has 8 heteroatoms. The van der Waals surface area contributed by atoms with Crippen LogP contribution >= 0.6 is 0 Å². The predicted molar refractivity (Wildman–Crippen MR) is 102 cm³/mol. The topological polar surface area (TPSA) is 101 Å². The Morgan fingerprint density at radius 1 is 1.04 bits per heavy atom. The van der Waals surface area contributed by atoms with Crippen molar-refractivity contribution in [2.24, 2.45) is 0 Å². The molecule has 1 heterocycles. The zero-order valence-corrected chi connectivity index (χ0v) is 15.2. The van der Waals surface area contributed by atoms with Gasteiger partial charge < -0.3 is 19.9 Å². The van der Waals surface area contributed by atoms with Crippen molar-refractivity contribution in [3.63, 3.8) is 0 Å². The van der Waals surface area contributed by atoms with E-state index < -0.39 is 5.91 Å². The Morgan fingerprint density at radius 2 is 1.67 bits per heavy atom. The van der Waals surface area contributed by atoms with Gasteiger partial charge in [0.15, 0.2) is 11.5 Å². The number of imidazole rings is 1. The lowest BCUT2D eigenvalue weighted by molar-refractivity contribution is 0.101. The number of aromatic nitrogens is 2. The molecule has 0 saturated heterocycles. The standard InChI is InChI=1S/C19H20N4O4/c1-25-15-9-13(10-16(26-2)17(15)27-3)18(24)22-23-11-14(21-19(23)20)12-7-5-4-6-8-12/h4-11H,1-3H3,(H2,20,21)(H,22,24). The Morgan fingerprint density at radius 3 is 2.22 bits per heavy atom. The van der Waals surface area contributed by atoms with Gasteiger partial charge in [-0.3, -0.25) is 10.2 Å². The van der Waals surface area contributed by atoms with Crippen molar-refractivity contribution in [3.05, 3.63) is 54.2 Å². The van der Waals surface area contributed by atoms with Crippen LogP contribution in [0.15, 0.2) is 48.7 Å². The summed E-state index contributed by atoms with van der Waals surface area (Å²) >= 11 is 0. The molecule has 0 unspecified atom stereocenters. The van der Waals surface area contributed by atoms with Crippen molar-refractivity contribution in [3.8, 4) is 28.5 Å². The Bertz CT molecular complexity index is 929. The molecular weight excluding hydrogens is 348 g/mol. The van der Waals surface area contributed by atoms with Gasteiger partial charge in [-0.1, -0.05) is 30.3 Å². The third-order valence-corrected chi connectivity index (χ3v) is 3.95. The van der Waals surface area contributed by atoms with Crippen LogP contribution in [-0.4, -0.2) is 36.9 Å². The predicted octanol–water partition coefficient (Wildman–Crippen LogP) is 2.54. The van der Waals surface area contributed by atoms with E-state index in [0.29, 0.717) is 28.5 Å². The molecule has 2 aromatic carbocycles. The number of nitrogen functional groups attached to an aromatic ring is 1. The summed E-state index contributed by atoms with van der Waals surface area (Å²) in [5, 5.41) is 0. The Kier molecular flexibility index (Phi) is 5.16. The van der Waals surface area contributed by atoms with Gasteiger partial charge in [-0.25, -0.2) is 9.66 Å². The minimum Gasteiger partial charge on any atom is -0.493 e. The van der Waals surface area contributed by atoms with E-state index in [1.165, 1.54) is 26.0 Å². The highest BCUT2D eigenvalue weighted by Gasteiger charge is 2.18. The summed E-state index contributed by atoms with van der Waals surface area (Å²) in [4.78, 5) is 17.0. The summed E-state index contributed by atoms with van der Waals surface area (Å²) in [5.41, 5.74) is 10.5. The maximum absolute atomic E-state index is 12.7. The second-order valence-electron chi connectivity index (χ2n) is 5.58. The highest BCUT2D eigenvalue weighted by atomic mass is 16.5.